The van der Waals surface area contributed by atoms with Crippen molar-refractivity contribution in [1.82, 2.24) is 25.0 Å². The Balaban J connectivity index is 1.76. The molecule has 1 aliphatic heterocycles. The standard InChI is InChI=1S/C18H23N5O3/c1-3-26-13-10-16(24)21-11-7-12-22(21)18(25)17-14(2)19-23(20-17)15-8-5-4-6-9-15/h4-6,8-9H,3,7,10-13H2,1-2H3. The number of nitrogens with zero attached hydrogens (tertiary/aromatic N) is 5. The van der Waals surface area contributed by atoms with Crippen LogP contribution in [0.1, 0.15) is 35.9 Å². The number of hydrazine groups is 1. The topological polar surface area (TPSA) is 80.6 Å². The number of amides is 2. The van der Waals surface area contributed by atoms with Crippen LogP contribution in [0.3, 0.4) is 0 Å². The Hall–Kier alpha value is -2.74. The molecule has 8 heteroatoms. The maximum atomic E-state index is 12.9. The van der Waals surface area contributed by atoms with Crippen LogP contribution in [0.2, 0.25) is 0 Å². The summed E-state index contributed by atoms with van der Waals surface area (Å²) in [6.45, 7) is 5.58. The van der Waals surface area contributed by atoms with Crippen molar-refractivity contribution in [3.05, 3.63) is 41.7 Å². The van der Waals surface area contributed by atoms with Gasteiger partial charge in [-0.25, -0.2) is 5.01 Å². The van der Waals surface area contributed by atoms with Crippen LogP contribution in [0.25, 0.3) is 5.69 Å². The molecule has 0 atom stereocenters. The summed E-state index contributed by atoms with van der Waals surface area (Å²) in [4.78, 5) is 26.8. The normalized spacial score (nSPS) is 14.1. The number of aromatic nitrogens is 3. The van der Waals surface area contributed by atoms with Crippen LogP contribution in [0.5, 0.6) is 0 Å². The van der Waals surface area contributed by atoms with Crippen molar-refractivity contribution in [2.45, 2.75) is 26.7 Å². The second kappa shape index (κ2) is 8.09. The number of hydrogen-bond donors (Lipinski definition) is 0. The van der Waals surface area contributed by atoms with Crippen LogP contribution in [-0.4, -0.2) is 63.1 Å². The molecule has 0 N–H and O–H groups in total. The van der Waals surface area contributed by atoms with E-state index in [4.69, 9.17) is 4.74 Å². The molecule has 0 bridgehead atoms. The van der Waals surface area contributed by atoms with E-state index in [2.05, 4.69) is 10.2 Å². The Morgan fingerprint density at radius 1 is 1.12 bits per heavy atom. The van der Waals surface area contributed by atoms with Gasteiger partial charge < -0.3 is 4.74 Å². The van der Waals surface area contributed by atoms with Gasteiger partial charge in [-0.1, -0.05) is 18.2 Å². The molecule has 1 fully saturated rings. The first-order valence-electron chi connectivity index (χ1n) is 8.81. The molecule has 1 aliphatic rings. The van der Waals surface area contributed by atoms with Crippen LogP contribution < -0.4 is 0 Å². The molecule has 2 aromatic rings. The van der Waals surface area contributed by atoms with Crippen molar-refractivity contribution in [1.29, 1.82) is 0 Å². The molecule has 0 spiro atoms. The summed E-state index contributed by atoms with van der Waals surface area (Å²) in [7, 11) is 0. The quantitative estimate of drug-likeness (QED) is 0.734. The summed E-state index contributed by atoms with van der Waals surface area (Å²) < 4.78 is 5.24. The smallest absolute Gasteiger partial charge is 0.294 e. The average Bonchev–Trinajstić information content (AvgIpc) is 3.29. The lowest BCUT2D eigenvalue weighted by Gasteiger charge is -2.27. The molecule has 1 aromatic heterocycles. The van der Waals surface area contributed by atoms with E-state index in [-0.39, 0.29) is 23.9 Å². The monoisotopic (exact) mass is 357 g/mol. The lowest BCUT2D eigenvalue weighted by Crippen LogP contribution is -2.45. The SMILES string of the molecule is CCOCCC(=O)N1CCCN1C(=O)c1nn(-c2ccccc2)nc1C. The molecule has 1 aromatic carbocycles. The number of rotatable bonds is 6. The first kappa shape index (κ1) is 18.1. The molecule has 0 radical (unpaired) electrons. The average molecular weight is 357 g/mol. The highest BCUT2D eigenvalue weighted by Crippen LogP contribution is 2.17. The molecule has 1 saturated heterocycles. The summed E-state index contributed by atoms with van der Waals surface area (Å²) in [5, 5.41) is 11.7. The molecular formula is C18H23N5O3. The van der Waals surface area contributed by atoms with E-state index in [9.17, 15) is 9.59 Å². The van der Waals surface area contributed by atoms with Gasteiger partial charge in [-0.3, -0.25) is 14.6 Å². The van der Waals surface area contributed by atoms with E-state index >= 15 is 0 Å². The zero-order valence-corrected chi connectivity index (χ0v) is 15.1. The third-order valence-corrected chi connectivity index (χ3v) is 4.19. The number of carbonyl (C=O) groups excluding carboxylic acids is 2. The van der Waals surface area contributed by atoms with Gasteiger partial charge in [0.05, 0.1) is 24.4 Å². The second-order valence-electron chi connectivity index (χ2n) is 6.00. The minimum absolute atomic E-state index is 0.114. The number of ether oxygens (including phenoxy) is 1. The molecular weight excluding hydrogens is 334 g/mol. The predicted octanol–water partition coefficient (Wildman–Crippen LogP) is 1.59. The molecule has 2 amide bonds. The van der Waals surface area contributed by atoms with Gasteiger partial charge in [0.25, 0.3) is 5.91 Å². The summed E-state index contributed by atoms with van der Waals surface area (Å²) >= 11 is 0. The summed E-state index contributed by atoms with van der Waals surface area (Å²) in [5.41, 5.74) is 1.58. The Morgan fingerprint density at radius 3 is 2.58 bits per heavy atom. The number of aryl methyl sites for hydroxylation is 1. The maximum Gasteiger partial charge on any atom is 0.294 e. The largest absolute Gasteiger partial charge is 0.381 e. The van der Waals surface area contributed by atoms with Gasteiger partial charge in [0.2, 0.25) is 5.91 Å². The third kappa shape index (κ3) is 3.75. The summed E-state index contributed by atoms with van der Waals surface area (Å²) in [6, 6.07) is 9.41. The van der Waals surface area contributed by atoms with E-state index in [1.54, 1.807) is 6.92 Å². The Bertz CT molecular complexity index is 774. The molecule has 0 aliphatic carbocycles. The van der Waals surface area contributed by atoms with E-state index in [1.807, 2.05) is 37.3 Å². The van der Waals surface area contributed by atoms with Crippen molar-refractivity contribution in [3.8, 4) is 5.69 Å². The number of benzene rings is 1. The van der Waals surface area contributed by atoms with E-state index in [0.717, 1.165) is 12.1 Å². The fraction of sp³-hybridized carbons (Fsp3) is 0.444. The molecule has 3 rings (SSSR count). The van der Waals surface area contributed by atoms with Gasteiger partial charge in [-0.05, 0) is 32.4 Å². The number of hydrogen-bond acceptors (Lipinski definition) is 5. The first-order valence-corrected chi connectivity index (χ1v) is 8.81. The number of para-hydroxylation sites is 1. The van der Waals surface area contributed by atoms with Crippen molar-refractivity contribution >= 4 is 11.8 Å². The zero-order chi connectivity index (χ0) is 18.5. The van der Waals surface area contributed by atoms with Crippen LogP contribution in [0.4, 0.5) is 0 Å². The lowest BCUT2D eigenvalue weighted by atomic mass is 10.3. The number of carbonyl (C=O) groups is 2. The van der Waals surface area contributed by atoms with Crippen molar-refractivity contribution < 1.29 is 14.3 Å². The molecule has 138 valence electrons. The van der Waals surface area contributed by atoms with Gasteiger partial charge >= 0.3 is 0 Å². The summed E-state index contributed by atoms with van der Waals surface area (Å²) in [5.74, 6) is -0.413. The fourth-order valence-electron chi connectivity index (χ4n) is 2.89. The van der Waals surface area contributed by atoms with E-state index in [1.165, 1.54) is 14.8 Å². The van der Waals surface area contributed by atoms with Gasteiger partial charge in [-0.2, -0.15) is 9.90 Å². The molecule has 2 heterocycles. The highest BCUT2D eigenvalue weighted by Gasteiger charge is 2.33. The minimum Gasteiger partial charge on any atom is -0.381 e. The van der Waals surface area contributed by atoms with Crippen LogP contribution in [-0.2, 0) is 9.53 Å². The van der Waals surface area contributed by atoms with Crippen molar-refractivity contribution in [2.24, 2.45) is 0 Å². The van der Waals surface area contributed by atoms with Gasteiger partial charge in [0.1, 0.15) is 0 Å². The minimum atomic E-state index is -0.299. The highest BCUT2D eigenvalue weighted by atomic mass is 16.5. The Labute approximate surface area is 152 Å². The van der Waals surface area contributed by atoms with Crippen molar-refractivity contribution in [3.63, 3.8) is 0 Å². The van der Waals surface area contributed by atoms with Crippen LogP contribution in [0.15, 0.2) is 30.3 Å². The lowest BCUT2D eigenvalue weighted by molar-refractivity contribution is -0.141. The molecule has 0 saturated carbocycles. The second-order valence-corrected chi connectivity index (χ2v) is 6.00. The Kier molecular flexibility index (Phi) is 5.62. The molecule has 26 heavy (non-hydrogen) atoms. The zero-order valence-electron chi connectivity index (χ0n) is 15.1. The fourth-order valence-corrected chi connectivity index (χ4v) is 2.89. The van der Waals surface area contributed by atoms with E-state index < -0.39 is 0 Å². The van der Waals surface area contributed by atoms with E-state index in [0.29, 0.717) is 32.0 Å². The van der Waals surface area contributed by atoms with Gasteiger partial charge in [0, 0.05) is 19.7 Å². The summed E-state index contributed by atoms with van der Waals surface area (Å²) in [6.07, 6.45) is 1.01. The first-order chi connectivity index (χ1) is 12.6. The van der Waals surface area contributed by atoms with Gasteiger partial charge in [-0.15, -0.1) is 5.10 Å². The predicted molar refractivity (Wildman–Crippen MR) is 94.6 cm³/mol. The third-order valence-electron chi connectivity index (χ3n) is 4.19. The molecule has 8 nitrogen and oxygen atoms in total. The van der Waals surface area contributed by atoms with Gasteiger partial charge in [0.15, 0.2) is 5.69 Å². The van der Waals surface area contributed by atoms with Crippen LogP contribution >= 0.6 is 0 Å². The molecule has 0 unspecified atom stereocenters. The highest BCUT2D eigenvalue weighted by molar-refractivity contribution is 5.94. The van der Waals surface area contributed by atoms with Crippen molar-refractivity contribution in [2.75, 3.05) is 26.3 Å². The van der Waals surface area contributed by atoms with Crippen LogP contribution in [0, 0.1) is 6.92 Å². The Morgan fingerprint density at radius 2 is 1.85 bits per heavy atom. The maximum absolute atomic E-state index is 12.9.